The molecule has 1 saturated heterocycles. The van der Waals surface area contributed by atoms with E-state index >= 15 is 0 Å². The van der Waals surface area contributed by atoms with E-state index in [9.17, 15) is 4.79 Å². The van der Waals surface area contributed by atoms with Crippen molar-refractivity contribution in [3.63, 3.8) is 0 Å². The zero-order valence-corrected chi connectivity index (χ0v) is 6.65. The van der Waals surface area contributed by atoms with Gasteiger partial charge in [-0.3, -0.25) is 4.79 Å². The van der Waals surface area contributed by atoms with E-state index in [1.807, 2.05) is 6.92 Å². The maximum atomic E-state index is 10.4. The summed E-state index contributed by atoms with van der Waals surface area (Å²) in [5.74, 6) is -0.542. The molecule has 0 aromatic carbocycles. The Labute approximate surface area is 66.2 Å². The number of carboxylic acid groups (broad SMARTS) is 1. The molecular formula is C6H12ClNO2. The van der Waals surface area contributed by atoms with Gasteiger partial charge in [0.15, 0.2) is 0 Å². The lowest BCUT2D eigenvalue weighted by molar-refractivity contribution is -0.142. The van der Waals surface area contributed by atoms with Crippen molar-refractivity contribution < 1.29 is 9.90 Å². The number of hydrogen-bond donors (Lipinski definition) is 2. The number of aliphatic carboxylic acids is 1. The SMILES string of the molecule is C[C@H]1CNC[C@@H]1C(=O)O.Cl. The molecule has 60 valence electrons. The monoisotopic (exact) mass is 165 g/mol. The fraction of sp³-hybridized carbons (Fsp3) is 0.833. The van der Waals surface area contributed by atoms with Gasteiger partial charge in [0.2, 0.25) is 0 Å². The predicted octanol–water partition coefficient (Wildman–Crippen LogP) is 0.348. The Bertz CT molecular complexity index is 129. The van der Waals surface area contributed by atoms with Crippen molar-refractivity contribution in [3.8, 4) is 0 Å². The molecule has 0 aromatic rings. The number of nitrogens with one attached hydrogen (secondary N) is 1. The van der Waals surface area contributed by atoms with Crippen molar-refractivity contribution in [1.82, 2.24) is 5.32 Å². The Balaban J connectivity index is 0.000000810. The first-order valence-electron chi connectivity index (χ1n) is 3.15. The van der Waals surface area contributed by atoms with Gasteiger partial charge in [-0.1, -0.05) is 6.92 Å². The number of carboxylic acids is 1. The third-order valence-corrected chi connectivity index (χ3v) is 1.83. The summed E-state index contributed by atoms with van der Waals surface area (Å²) in [5, 5.41) is 11.6. The molecule has 1 rings (SSSR count). The minimum absolute atomic E-state index is 0. The van der Waals surface area contributed by atoms with E-state index in [4.69, 9.17) is 5.11 Å². The number of hydrogen-bond acceptors (Lipinski definition) is 2. The molecule has 3 nitrogen and oxygen atoms in total. The topological polar surface area (TPSA) is 49.3 Å². The lowest BCUT2D eigenvalue weighted by Gasteiger charge is -2.05. The highest BCUT2D eigenvalue weighted by Gasteiger charge is 2.28. The fourth-order valence-corrected chi connectivity index (χ4v) is 1.14. The first kappa shape index (κ1) is 9.72. The van der Waals surface area contributed by atoms with Crippen LogP contribution in [0.5, 0.6) is 0 Å². The molecule has 0 bridgehead atoms. The van der Waals surface area contributed by atoms with Crippen LogP contribution in [0.1, 0.15) is 6.92 Å². The molecule has 0 aliphatic carbocycles. The van der Waals surface area contributed by atoms with E-state index in [1.54, 1.807) is 0 Å². The van der Waals surface area contributed by atoms with Crippen LogP contribution < -0.4 is 5.32 Å². The van der Waals surface area contributed by atoms with Gasteiger partial charge in [-0.25, -0.2) is 0 Å². The molecular weight excluding hydrogens is 154 g/mol. The maximum Gasteiger partial charge on any atom is 0.308 e. The van der Waals surface area contributed by atoms with E-state index in [2.05, 4.69) is 5.32 Å². The molecule has 0 unspecified atom stereocenters. The molecule has 0 radical (unpaired) electrons. The summed E-state index contributed by atoms with van der Waals surface area (Å²) in [6.07, 6.45) is 0. The van der Waals surface area contributed by atoms with E-state index < -0.39 is 5.97 Å². The smallest absolute Gasteiger partial charge is 0.308 e. The second-order valence-corrected chi connectivity index (χ2v) is 2.58. The second-order valence-electron chi connectivity index (χ2n) is 2.58. The van der Waals surface area contributed by atoms with Crippen LogP contribution >= 0.6 is 12.4 Å². The molecule has 0 aromatic heterocycles. The van der Waals surface area contributed by atoms with Gasteiger partial charge in [0.25, 0.3) is 0 Å². The quantitative estimate of drug-likeness (QED) is 0.590. The summed E-state index contributed by atoms with van der Waals surface area (Å²) < 4.78 is 0. The Kier molecular flexibility index (Phi) is 3.68. The highest BCUT2D eigenvalue weighted by atomic mass is 35.5. The van der Waals surface area contributed by atoms with E-state index in [-0.39, 0.29) is 18.3 Å². The second kappa shape index (κ2) is 3.78. The Morgan fingerprint density at radius 3 is 2.40 bits per heavy atom. The Morgan fingerprint density at radius 1 is 1.60 bits per heavy atom. The summed E-state index contributed by atoms with van der Waals surface area (Å²) in [5.41, 5.74) is 0. The molecule has 4 heteroatoms. The normalized spacial score (nSPS) is 31.3. The molecule has 1 aliphatic rings. The van der Waals surface area contributed by atoms with Crippen LogP contribution in [0.25, 0.3) is 0 Å². The van der Waals surface area contributed by atoms with Gasteiger partial charge >= 0.3 is 5.97 Å². The van der Waals surface area contributed by atoms with Crippen molar-refractivity contribution >= 4 is 18.4 Å². The summed E-state index contributed by atoms with van der Waals surface area (Å²) in [4.78, 5) is 10.4. The van der Waals surface area contributed by atoms with E-state index in [0.29, 0.717) is 12.5 Å². The third-order valence-electron chi connectivity index (χ3n) is 1.83. The summed E-state index contributed by atoms with van der Waals surface area (Å²) in [6.45, 7) is 3.44. The van der Waals surface area contributed by atoms with Crippen LogP contribution in [0.4, 0.5) is 0 Å². The minimum atomic E-state index is -0.674. The molecule has 10 heavy (non-hydrogen) atoms. The average Bonchev–Trinajstić information content (AvgIpc) is 2.13. The molecule has 0 saturated carbocycles. The van der Waals surface area contributed by atoms with Gasteiger partial charge in [0, 0.05) is 6.54 Å². The summed E-state index contributed by atoms with van der Waals surface area (Å²) in [6, 6.07) is 0. The van der Waals surface area contributed by atoms with Crippen LogP contribution in [-0.2, 0) is 4.79 Å². The lowest BCUT2D eigenvalue weighted by atomic mass is 9.99. The van der Waals surface area contributed by atoms with Gasteiger partial charge in [-0.15, -0.1) is 12.4 Å². The van der Waals surface area contributed by atoms with Gasteiger partial charge in [0.1, 0.15) is 0 Å². The summed E-state index contributed by atoms with van der Waals surface area (Å²) >= 11 is 0. The molecule has 1 fully saturated rings. The molecule has 0 spiro atoms. The van der Waals surface area contributed by atoms with Gasteiger partial charge in [-0.05, 0) is 12.5 Å². The molecule has 0 amide bonds. The molecule has 2 atom stereocenters. The highest BCUT2D eigenvalue weighted by Crippen LogP contribution is 2.14. The highest BCUT2D eigenvalue weighted by molar-refractivity contribution is 5.85. The van der Waals surface area contributed by atoms with Crippen molar-refractivity contribution in [2.75, 3.05) is 13.1 Å². The Morgan fingerprint density at radius 2 is 2.20 bits per heavy atom. The van der Waals surface area contributed by atoms with Crippen LogP contribution in [0.2, 0.25) is 0 Å². The van der Waals surface area contributed by atoms with E-state index in [1.165, 1.54) is 0 Å². The maximum absolute atomic E-state index is 10.4. The van der Waals surface area contributed by atoms with Gasteiger partial charge in [-0.2, -0.15) is 0 Å². The first-order valence-corrected chi connectivity index (χ1v) is 3.15. The summed E-state index contributed by atoms with van der Waals surface area (Å²) in [7, 11) is 0. The number of rotatable bonds is 1. The van der Waals surface area contributed by atoms with Crippen molar-refractivity contribution in [2.24, 2.45) is 11.8 Å². The molecule has 1 aliphatic heterocycles. The average molecular weight is 166 g/mol. The standard InChI is InChI=1S/C6H11NO2.ClH/c1-4-2-7-3-5(4)6(8)9;/h4-5,7H,2-3H2,1H3,(H,8,9);1H/t4-,5-;/m0./s1. The predicted molar refractivity (Wildman–Crippen MR) is 40.4 cm³/mol. The number of halogens is 1. The van der Waals surface area contributed by atoms with Crippen molar-refractivity contribution in [2.45, 2.75) is 6.92 Å². The van der Waals surface area contributed by atoms with Crippen LogP contribution in [0, 0.1) is 11.8 Å². The van der Waals surface area contributed by atoms with Gasteiger partial charge < -0.3 is 10.4 Å². The zero-order valence-electron chi connectivity index (χ0n) is 5.83. The fourth-order valence-electron chi connectivity index (χ4n) is 1.14. The zero-order chi connectivity index (χ0) is 6.85. The Hall–Kier alpha value is -0.280. The van der Waals surface area contributed by atoms with Crippen LogP contribution in [-0.4, -0.2) is 24.2 Å². The van der Waals surface area contributed by atoms with Gasteiger partial charge in [0.05, 0.1) is 5.92 Å². The minimum Gasteiger partial charge on any atom is -0.481 e. The number of carbonyl (C=O) groups is 1. The van der Waals surface area contributed by atoms with E-state index in [0.717, 1.165) is 6.54 Å². The molecule has 2 N–H and O–H groups in total. The van der Waals surface area contributed by atoms with Crippen LogP contribution in [0.3, 0.4) is 0 Å². The molecule has 1 heterocycles. The van der Waals surface area contributed by atoms with Crippen molar-refractivity contribution in [3.05, 3.63) is 0 Å². The largest absolute Gasteiger partial charge is 0.481 e. The third kappa shape index (κ3) is 1.85. The first-order chi connectivity index (χ1) is 4.22. The van der Waals surface area contributed by atoms with Crippen LogP contribution in [0.15, 0.2) is 0 Å². The van der Waals surface area contributed by atoms with Crippen molar-refractivity contribution in [1.29, 1.82) is 0 Å². The lowest BCUT2D eigenvalue weighted by Crippen LogP contribution is -2.20.